The van der Waals surface area contributed by atoms with Gasteiger partial charge in [-0.25, -0.2) is 8.78 Å². The number of hydrogen-bond acceptors (Lipinski definition) is 3. The van der Waals surface area contributed by atoms with Crippen LogP contribution in [-0.4, -0.2) is 24.9 Å². The van der Waals surface area contributed by atoms with Gasteiger partial charge in [0.05, 0.1) is 0 Å². The lowest BCUT2D eigenvalue weighted by atomic mass is 10.1. The van der Waals surface area contributed by atoms with E-state index in [0.717, 1.165) is 0 Å². The van der Waals surface area contributed by atoms with E-state index in [2.05, 4.69) is 0 Å². The van der Waals surface area contributed by atoms with Crippen molar-refractivity contribution in [1.82, 2.24) is 0 Å². The number of aliphatic hydroxyl groups excluding tert-OH is 1. The van der Waals surface area contributed by atoms with Crippen LogP contribution < -0.4 is 9.47 Å². The van der Waals surface area contributed by atoms with Crippen LogP contribution in [0.1, 0.15) is 17.6 Å². The quantitative estimate of drug-likeness (QED) is 0.862. The van der Waals surface area contributed by atoms with Gasteiger partial charge in [-0.2, -0.15) is 0 Å². The summed E-state index contributed by atoms with van der Waals surface area (Å²) < 4.78 is 35.8. The lowest BCUT2D eigenvalue weighted by molar-refractivity contribution is 0.146. The van der Waals surface area contributed by atoms with Crippen molar-refractivity contribution in [3.8, 4) is 11.5 Å². The number of fused-ring (bicyclic) bond motifs is 1. The maximum absolute atomic E-state index is 12.6. The topological polar surface area (TPSA) is 38.7 Å². The normalized spacial score (nSPS) is 14.2. The largest absolute Gasteiger partial charge is 0.486 e. The molecule has 1 aromatic rings. The third kappa shape index (κ3) is 2.09. The first-order valence-electron chi connectivity index (χ1n) is 5.04. The zero-order chi connectivity index (χ0) is 11.5. The van der Waals surface area contributed by atoms with E-state index in [0.29, 0.717) is 30.3 Å². The van der Waals surface area contributed by atoms with Gasteiger partial charge in [-0.05, 0) is 18.6 Å². The SMILES string of the molecule is OCCc1cc(C(F)F)cc2c1OCCO2. The van der Waals surface area contributed by atoms with Crippen LogP contribution in [0.4, 0.5) is 8.78 Å². The summed E-state index contributed by atoms with van der Waals surface area (Å²) in [5, 5.41) is 8.87. The van der Waals surface area contributed by atoms with Crippen molar-refractivity contribution in [2.75, 3.05) is 19.8 Å². The maximum Gasteiger partial charge on any atom is 0.263 e. The molecule has 1 heterocycles. The van der Waals surface area contributed by atoms with Gasteiger partial charge in [0.25, 0.3) is 6.43 Å². The van der Waals surface area contributed by atoms with E-state index in [-0.39, 0.29) is 18.6 Å². The van der Waals surface area contributed by atoms with E-state index in [1.165, 1.54) is 12.1 Å². The minimum atomic E-state index is -2.55. The van der Waals surface area contributed by atoms with E-state index in [1.807, 2.05) is 0 Å². The summed E-state index contributed by atoms with van der Waals surface area (Å²) >= 11 is 0. The standard InChI is InChI=1S/C11H12F2O3/c12-11(13)8-5-7(1-2-14)10-9(6-8)15-3-4-16-10/h5-6,11,14H,1-4H2. The second kappa shape index (κ2) is 4.65. The Kier molecular flexibility index (Phi) is 3.24. The first kappa shape index (κ1) is 11.1. The second-order valence-corrected chi connectivity index (χ2v) is 3.48. The van der Waals surface area contributed by atoms with Crippen molar-refractivity contribution < 1.29 is 23.4 Å². The van der Waals surface area contributed by atoms with Gasteiger partial charge in [0, 0.05) is 17.7 Å². The fourth-order valence-electron chi connectivity index (χ4n) is 1.68. The van der Waals surface area contributed by atoms with Crippen molar-refractivity contribution in [2.45, 2.75) is 12.8 Å². The number of benzene rings is 1. The van der Waals surface area contributed by atoms with Crippen LogP contribution in [0.3, 0.4) is 0 Å². The van der Waals surface area contributed by atoms with Crippen LogP contribution in [0.25, 0.3) is 0 Å². The number of halogens is 2. The van der Waals surface area contributed by atoms with Crippen LogP contribution in [0.2, 0.25) is 0 Å². The van der Waals surface area contributed by atoms with E-state index >= 15 is 0 Å². The van der Waals surface area contributed by atoms with Crippen LogP contribution in [0.15, 0.2) is 12.1 Å². The number of hydrogen-bond donors (Lipinski definition) is 1. The highest BCUT2D eigenvalue weighted by Crippen LogP contribution is 2.37. The molecule has 2 rings (SSSR count). The lowest BCUT2D eigenvalue weighted by Gasteiger charge is -2.22. The van der Waals surface area contributed by atoms with Gasteiger partial charge in [0.15, 0.2) is 11.5 Å². The monoisotopic (exact) mass is 230 g/mol. The summed E-state index contributed by atoms with van der Waals surface area (Å²) in [4.78, 5) is 0. The lowest BCUT2D eigenvalue weighted by Crippen LogP contribution is -2.17. The molecule has 0 saturated heterocycles. The fourth-order valence-corrected chi connectivity index (χ4v) is 1.68. The molecule has 0 radical (unpaired) electrons. The number of rotatable bonds is 3. The van der Waals surface area contributed by atoms with Gasteiger partial charge >= 0.3 is 0 Å². The first-order chi connectivity index (χ1) is 7.72. The first-order valence-corrected chi connectivity index (χ1v) is 5.04. The molecule has 0 aliphatic carbocycles. The van der Waals surface area contributed by atoms with Crippen LogP contribution in [-0.2, 0) is 6.42 Å². The Balaban J connectivity index is 2.43. The summed E-state index contributed by atoms with van der Waals surface area (Å²) in [6, 6.07) is 2.65. The van der Waals surface area contributed by atoms with Crippen molar-refractivity contribution in [3.05, 3.63) is 23.3 Å². The highest BCUT2D eigenvalue weighted by Gasteiger charge is 2.20. The van der Waals surface area contributed by atoms with E-state index in [1.54, 1.807) is 0 Å². The predicted octanol–water partition coefficient (Wildman–Crippen LogP) is 1.93. The van der Waals surface area contributed by atoms with Gasteiger partial charge in [0.2, 0.25) is 0 Å². The van der Waals surface area contributed by atoms with E-state index < -0.39 is 6.43 Å². The summed E-state index contributed by atoms with van der Waals surface area (Å²) in [7, 11) is 0. The molecule has 0 atom stereocenters. The molecule has 0 unspecified atom stereocenters. The average molecular weight is 230 g/mol. The van der Waals surface area contributed by atoms with Gasteiger partial charge in [-0.1, -0.05) is 0 Å². The zero-order valence-electron chi connectivity index (χ0n) is 8.58. The molecule has 1 aliphatic heterocycles. The Morgan fingerprint density at radius 2 is 2.00 bits per heavy atom. The van der Waals surface area contributed by atoms with E-state index in [9.17, 15) is 8.78 Å². The molecule has 1 N–H and O–H groups in total. The molecule has 88 valence electrons. The van der Waals surface area contributed by atoms with Crippen molar-refractivity contribution in [2.24, 2.45) is 0 Å². The maximum atomic E-state index is 12.6. The zero-order valence-corrected chi connectivity index (χ0v) is 8.58. The van der Waals surface area contributed by atoms with Crippen LogP contribution in [0, 0.1) is 0 Å². The molecule has 0 bridgehead atoms. The fraction of sp³-hybridized carbons (Fsp3) is 0.455. The highest BCUT2D eigenvalue weighted by atomic mass is 19.3. The van der Waals surface area contributed by atoms with E-state index in [4.69, 9.17) is 14.6 Å². The van der Waals surface area contributed by atoms with Gasteiger partial charge in [0.1, 0.15) is 13.2 Å². The molecule has 0 fully saturated rings. The minimum Gasteiger partial charge on any atom is -0.486 e. The Morgan fingerprint density at radius 1 is 1.25 bits per heavy atom. The number of ether oxygens (including phenoxy) is 2. The highest BCUT2D eigenvalue weighted by molar-refractivity contribution is 5.50. The number of alkyl halides is 2. The van der Waals surface area contributed by atoms with Crippen LogP contribution in [0.5, 0.6) is 11.5 Å². The second-order valence-electron chi connectivity index (χ2n) is 3.48. The average Bonchev–Trinajstić information content (AvgIpc) is 2.29. The predicted molar refractivity (Wildman–Crippen MR) is 53.2 cm³/mol. The van der Waals surface area contributed by atoms with Gasteiger partial charge in [-0.3, -0.25) is 0 Å². The Morgan fingerprint density at radius 3 is 2.69 bits per heavy atom. The van der Waals surface area contributed by atoms with Gasteiger partial charge in [-0.15, -0.1) is 0 Å². The molecule has 5 heteroatoms. The molecule has 0 spiro atoms. The van der Waals surface area contributed by atoms with Crippen molar-refractivity contribution in [1.29, 1.82) is 0 Å². The van der Waals surface area contributed by atoms with Gasteiger partial charge < -0.3 is 14.6 Å². The number of aliphatic hydroxyl groups is 1. The summed E-state index contributed by atoms with van der Waals surface area (Å²) in [5.74, 6) is 0.817. The Bertz CT molecular complexity index is 380. The molecule has 1 aromatic carbocycles. The summed E-state index contributed by atoms with van der Waals surface area (Å²) in [5.41, 5.74) is 0.461. The summed E-state index contributed by atoms with van der Waals surface area (Å²) in [6.07, 6.45) is -2.26. The third-order valence-corrected chi connectivity index (χ3v) is 2.37. The molecular formula is C11H12F2O3. The molecular weight excluding hydrogens is 218 g/mol. The molecule has 0 amide bonds. The molecule has 0 saturated carbocycles. The summed E-state index contributed by atoms with van der Waals surface area (Å²) in [6.45, 7) is 0.653. The smallest absolute Gasteiger partial charge is 0.263 e. The van der Waals surface area contributed by atoms with Crippen molar-refractivity contribution >= 4 is 0 Å². The Labute approximate surface area is 91.6 Å². The van der Waals surface area contributed by atoms with Crippen LogP contribution >= 0.6 is 0 Å². The molecule has 0 aromatic heterocycles. The minimum absolute atomic E-state index is 0.104. The molecule has 1 aliphatic rings. The molecule has 3 nitrogen and oxygen atoms in total. The molecule has 16 heavy (non-hydrogen) atoms. The van der Waals surface area contributed by atoms with Crippen molar-refractivity contribution in [3.63, 3.8) is 0 Å². The third-order valence-electron chi connectivity index (χ3n) is 2.37. The Hall–Kier alpha value is -1.36.